The molecule has 0 bridgehead atoms. The maximum absolute atomic E-state index is 12.0. The summed E-state index contributed by atoms with van der Waals surface area (Å²) in [5.41, 5.74) is 7.30. The Bertz CT molecular complexity index is 946. The summed E-state index contributed by atoms with van der Waals surface area (Å²) < 4.78 is 0. The van der Waals surface area contributed by atoms with Crippen LogP contribution in [0.1, 0.15) is 16.8 Å². The number of amides is 1. The molecule has 0 fully saturated rings. The minimum Gasteiger partial charge on any atom is -0.376 e. The maximum Gasteiger partial charge on any atom is 0.259 e. The third-order valence-corrected chi connectivity index (χ3v) is 4.44. The lowest BCUT2D eigenvalue weighted by molar-refractivity contribution is -0.119. The predicted octanol–water partition coefficient (Wildman–Crippen LogP) is 4.00. The maximum atomic E-state index is 12.0. The van der Waals surface area contributed by atoms with E-state index in [-0.39, 0.29) is 12.5 Å². The summed E-state index contributed by atoms with van der Waals surface area (Å²) in [7, 11) is 0. The molecule has 0 saturated carbocycles. The number of anilines is 1. The summed E-state index contributed by atoms with van der Waals surface area (Å²) in [5, 5.41) is 8.87. The number of fused-ring (bicyclic) bond motifs is 1. The lowest BCUT2D eigenvalue weighted by Gasteiger charge is -2.09. The Morgan fingerprint density at radius 2 is 2.00 bits per heavy atom. The van der Waals surface area contributed by atoms with E-state index in [4.69, 9.17) is 11.6 Å². The van der Waals surface area contributed by atoms with Gasteiger partial charge in [0.05, 0.1) is 12.8 Å². The third kappa shape index (κ3) is 3.83. The van der Waals surface area contributed by atoms with E-state index in [1.807, 2.05) is 56.3 Å². The number of H-pyrrole nitrogens is 1. The van der Waals surface area contributed by atoms with Crippen LogP contribution in [0.3, 0.4) is 0 Å². The molecule has 0 unspecified atom stereocenters. The predicted molar refractivity (Wildman–Crippen MR) is 103 cm³/mol. The topological polar surface area (TPSA) is 69.3 Å². The molecule has 1 heterocycles. The van der Waals surface area contributed by atoms with Gasteiger partial charge in [-0.2, -0.15) is 5.10 Å². The number of nitrogens with one attached hydrogen (secondary N) is 3. The monoisotopic (exact) mass is 354 g/mol. The Morgan fingerprint density at radius 3 is 2.84 bits per heavy atom. The summed E-state index contributed by atoms with van der Waals surface area (Å²) in [5.74, 6) is -0.229. The van der Waals surface area contributed by atoms with Crippen LogP contribution in [-0.2, 0) is 4.79 Å². The van der Waals surface area contributed by atoms with Gasteiger partial charge in [0.1, 0.15) is 0 Å². The fourth-order valence-electron chi connectivity index (χ4n) is 2.65. The fourth-order valence-corrected chi connectivity index (χ4v) is 2.82. The first-order valence-corrected chi connectivity index (χ1v) is 8.32. The Morgan fingerprint density at radius 1 is 1.20 bits per heavy atom. The summed E-state index contributed by atoms with van der Waals surface area (Å²) in [6, 6.07) is 13.5. The molecule has 0 aliphatic rings. The number of rotatable bonds is 5. The number of hydrogen-bond acceptors (Lipinski definition) is 3. The molecule has 6 heteroatoms. The van der Waals surface area contributed by atoms with Gasteiger partial charge in [-0.3, -0.25) is 4.79 Å². The van der Waals surface area contributed by atoms with Crippen LogP contribution in [0, 0.1) is 13.8 Å². The molecule has 25 heavy (non-hydrogen) atoms. The van der Waals surface area contributed by atoms with Crippen LogP contribution in [0.25, 0.3) is 10.9 Å². The molecular formula is C19H19ClN4O. The second kappa shape index (κ2) is 7.40. The molecule has 3 N–H and O–H groups in total. The van der Waals surface area contributed by atoms with Crippen molar-refractivity contribution in [2.75, 3.05) is 11.9 Å². The van der Waals surface area contributed by atoms with Gasteiger partial charge in [-0.05, 0) is 37.6 Å². The Balaban J connectivity index is 1.61. The van der Waals surface area contributed by atoms with Crippen LogP contribution in [0.2, 0.25) is 5.02 Å². The van der Waals surface area contributed by atoms with Gasteiger partial charge in [0.15, 0.2) is 0 Å². The second-order valence-corrected chi connectivity index (χ2v) is 6.18. The second-order valence-electron chi connectivity index (χ2n) is 5.77. The molecule has 1 amide bonds. The number of hydrazone groups is 1. The van der Waals surface area contributed by atoms with E-state index in [0.29, 0.717) is 5.02 Å². The first kappa shape index (κ1) is 17.0. The van der Waals surface area contributed by atoms with E-state index in [0.717, 1.165) is 33.4 Å². The molecule has 128 valence electrons. The quantitative estimate of drug-likeness (QED) is 0.479. The molecule has 1 aromatic heterocycles. The van der Waals surface area contributed by atoms with E-state index in [1.54, 1.807) is 6.21 Å². The highest BCUT2D eigenvalue weighted by molar-refractivity contribution is 6.31. The van der Waals surface area contributed by atoms with Crippen molar-refractivity contribution in [1.29, 1.82) is 0 Å². The highest BCUT2D eigenvalue weighted by atomic mass is 35.5. The number of carbonyl (C=O) groups excluding carboxylic acids is 1. The van der Waals surface area contributed by atoms with Crippen molar-refractivity contribution < 1.29 is 4.79 Å². The molecule has 0 saturated heterocycles. The summed E-state index contributed by atoms with van der Waals surface area (Å²) >= 11 is 6.07. The molecule has 2 aromatic carbocycles. The molecule has 3 aromatic rings. The number of para-hydroxylation sites is 1. The highest BCUT2D eigenvalue weighted by Gasteiger charge is 2.06. The van der Waals surface area contributed by atoms with Gasteiger partial charge in [0, 0.05) is 32.9 Å². The smallest absolute Gasteiger partial charge is 0.259 e. The molecule has 0 atom stereocenters. The molecule has 0 spiro atoms. The molecule has 0 aliphatic heterocycles. The van der Waals surface area contributed by atoms with E-state index in [2.05, 4.69) is 20.8 Å². The normalized spacial score (nSPS) is 11.2. The first-order valence-electron chi connectivity index (χ1n) is 7.94. The minimum atomic E-state index is -0.229. The van der Waals surface area contributed by atoms with Crippen molar-refractivity contribution in [2.24, 2.45) is 5.10 Å². The summed E-state index contributed by atoms with van der Waals surface area (Å²) in [6.07, 6.45) is 1.66. The number of halogens is 1. The summed E-state index contributed by atoms with van der Waals surface area (Å²) in [4.78, 5) is 15.3. The third-order valence-electron chi connectivity index (χ3n) is 4.03. The molecule has 0 radical (unpaired) electrons. The molecular weight excluding hydrogens is 336 g/mol. The number of benzene rings is 2. The fraction of sp³-hybridized carbons (Fsp3) is 0.158. The minimum absolute atomic E-state index is 0.116. The van der Waals surface area contributed by atoms with E-state index in [1.165, 1.54) is 0 Å². The number of nitrogens with zero attached hydrogens (tertiary/aromatic N) is 1. The lowest BCUT2D eigenvalue weighted by atomic mass is 10.1. The van der Waals surface area contributed by atoms with Crippen molar-refractivity contribution in [2.45, 2.75) is 13.8 Å². The number of aromatic amines is 1. The SMILES string of the molecule is Cc1[nH]c2ccccc2c1/C=N/NC(=O)CNc1cccc(Cl)c1C. The standard InChI is InChI=1S/C19H19ClN4O/c1-12-16(20)7-5-9-17(12)21-11-19(25)24-22-10-15-13(2)23-18-8-4-3-6-14(15)18/h3-10,21,23H,11H2,1-2H3,(H,24,25)/b22-10+. The Hall–Kier alpha value is -2.79. The number of carbonyl (C=O) groups is 1. The first-order chi connectivity index (χ1) is 12.1. The van der Waals surface area contributed by atoms with Crippen LogP contribution in [0.5, 0.6) is 0 Å². The van der Waals surface area contributed by atoms with Gasteiger partial charge in [0.2, 0.25) is 0 Å². The lowest BCUT2D eigenvalue weighted by Crippen LogP contribution is -2.26. The zero-order chi connectivity index (χ0) is 17.8. The van der Waals surface area contributed by atoms with Crippen LogP contribution < -0.4 is 10.7 Å². The van der Waals surface area contributed by atoms with Gasteiger partial charge < -0.3 is 10.3 Å². The zero-order valence-electron chi connectivity index (χ0n) is 14.1. The van der Waals surface area contributed by atoms with E-state index in [9.17, 15) is 4.79 Å². The molecule has 5 nitrogen and oxygen atoms in total. The Kier molecular flexibility index (Phi) is 5.05. The van der Waals surface area contributed by atoms with Crippen LogP contribution in [0.4, 0.5) is 5.69 Å². The van der Waals surface area contributed by atoms with Gasteiger partial charge in [-0.25, -0.2) is 5.43 Å². The number of aryl methyl sites for hydroxylation is 1. The number of hydrogen-bond donors (Lipinski definition) is 3. The van der Waals surface area contributed by atoms with Crippen LogP contribution in [0.15, 0.2) is 47.6 Å². The van der Waals surface area contributed by atoms with Crippen molar-refractivity contribution in [1.82, 2.24) is 10.4 Å². The number of aromatic nitrogens is 1. The highest BCUT2D eigenvalue weighted by Crippen LogP contribution is 2.22. The average molecular weight is 355 g/mol. The van der Waals surface area contributed by atoms with Gasteiger partial charge in [-0.1, -0.05) is 35.9 Å². The molecule has 3 rings (SSSR count). The van der Waals surface area contributed by atoms with Crippen molar-refractivity contribution >= 4 is 40.3 Å². The van der Waals surface area contributed by atoms with E-state index < -0.39 is 0 Å². The van der Waals surface area contributed by atoms with Gasteiger partial charge in [0.25, 0.3) is 5.91 Å². The van der Waals surface area contributed by atoms with E-state index >= 15 is 0 Å². The molecule has 0 aliphatic carbocycles. The van der Waals surface area contributed by atoms with Gasteiger partial charge in [-0.15, -0.1) is 0 Å². The largest absolute Gasteiger partial charge is 0.376 e. The van der Waals surface area contributed by atoms with Crippen molar-refractivity contribution in [3.63, 3.8) is 0 Å². The van der Waals surface area contributed by atoms with Crippen LogP contribution in [-0.4, -0.2) is 23.7 Å². The summed E-state index contributed by atoms with van der Waals surface area (Å²) in [6.45, 7) is 4.00. The van der Waals surface area contributed by atoms with Crippen LogP contribution >= 0.6 is 11.6 Å². The zero-order valence-corrected chi connectivity index (χ0v) is 14.8. The van der Waals surface area contributed by atoms with Crippen molar-refractivity contribution in [3.8, 4) is 0 Å². The average Bonchev–Trinajstić information content (AvgIpc) is 2.92. The van der Waals surface area contributed by atoms with Crippen molar-refractivity contribution in [3.05, 3.63) is 64.3 Å². The Labute approximate surface area is 151 Å². The van der Waals surface area contributed by atoms with Gasteiger partial charge >= 0.3 is 0 Å².